The predicted molar refractivity (Wildman–Crippen MR) is 135 cm³/mol. The van der Waals surface area contributed by atoms with Gasteiger partial charge in [0.1, 0.15) is 5.82 Å². The van der Waals surface area contributed by atoms with E-state index in [1.807, 2.05) is 30.7 Å². The van der Waals surface area contributed by atoms with Crippen molar-refractivity contribution in [2.24, 2.45) is 5.92 Å². The fourth-order valence-electron chi connectivity index (χ4n) is 5.26. The average Bonchev–Trinajstić information content (AvgIpc) is 3.44. The van der Waals surface area contributed by atoms with Crippen LogP contribution in [0.3, 0.4) is 0 Å². The van der Waals surface area contributed by atoms with Crippen molar-refractivity contribution in [2.45, 2.75) is 51.7 Å². The highest BCUT2D eigenvalue weighted by Gasteiger charge is 2.33. The second kappa shape index (κ2) is 10.1. The Morgan fingerprint density at radius 2 is 2.11 bits per heavy atom. The zero-order valence-electron chi connectivity index (χ0n) is 20.1. The van der Waals surface area contributed by atoms with Crippen LogP contribution in [0.15, 0.2) is 24.4 Å². The highest BCUT2D eigenvalue weighted by Crippen LogP contribution is 2.28. The zero-order valence-corrected chi connectivity index (χ0v) is 20.9. The van der Waals surface area contributed by atoms with Crippen molar-refractivity contribution >= 4 is 34.4 Å². The first-order valence-corrected chi connectivity index (χ1v) is 12.7. The molecule has 0 aromatic carbocycles. The number of halogens is 2. The maximum atomic E-state index is 13.5. The molecule has 1 saturated heterocycles. The third-order valence-corrected chi connectivity index (χ3v) is 7.46. The summed E-state index contributed by atoms with van der Waals surface area (Å²) in [5.74, 6) is 0.649. The molecule has 0 radical (unpaired) electrons. The van der Waals surface area contributed by atoms with Gasteiger partial charge in [-0.25, -0.2) is 4.98 Å². The number of fused-ring (bicyclic) bond motifs is 2. The van der Waals surface area contributed by atoms with E-state index in [9.17, 15) is 9.18 Å². The summed E-state index contributed by atoms with van der Waals surface area (Å²) >= 11 is 6.33. The molecule has 35 heavy (non-hydrogen) atoms. The van der Waals surface area contributed by atoms with Gasteiger partial charge in [-0.1, -0.05) is 24.6 Å². The Kier molecular flexibility index (Phi) is 6.88. The Morgan fingerprint density at radius 1 is 1.26 bits per heavy atom. The van der Waals surface area contributed by atoms with E-state index in [1.165, 1.54) is 0 Å². The lowest BCUT2D eigenvalue weighted by molar-refractivity contribution is 0.0927. The molecule has 2 N–H and O–H groups in total. The van der Waals surface area contributed by atoms with E-state index in [0.29, 0.717) is 23.6 Å². The standard InChI is InChI=1S/C25H31ClFN7O/c1-3-28-22-14-34(12-16(22)11-27)23-8-5-15-9-17(6-7-20(15)30-23)29-25(35)21-10-18-19(26)13-33(4-2)24(18)32-31-21/h5,8,10,13,16-17,22,28H,3-4,6-7,9,11-12,14H2,1-2H3,(H,29,35). The van der Waals surface area contributed by atoms with Gasteiger partial charge in [0, 0.05) is 54.9 Å². The van der Waals surface area contributed by atoms with E-state index in [2.05, 4.69) is 31.8 Å². The number of hydrogen-bond acceptors (Lipinski definition) is 6. The molecule has 1 amide bonds. The van der Waals surface area contributed by atoms with Gasteiger partial charge in [0.25, 0.3) is 5.91 Å². The molecule has 3 unspecified atom stereocenters. The van der Waals surface area contributed by atoms with Crippen molar-refractivity contribution in [1.29, 1.82) is 0 Å². The topological polar surface area (TPSA) is 88.0 Å². The number of anilines is 1. The van der Waals surface area contributed by atoms with Gasteiger partial charge in [0.2, 0.25) is 0 Å². The van der Waals surface area contributed by atoms with E-state index in [1.54, 1.807) is 6.07 Å². The molecular formula is C25H31ClFN7O. The highest BCUT2D eigenvalue weighted by molar-refractivity contribution is 6.35. The number of alkyl halides is 1. The van der Waals surface area contributed by atoms with Gasteiger partial charge < -0.3 is 20.1 Å². The van der Waals surface area contributed by atoms with E-state index in [0.717, 1.165) is 54.9 Å². The fourth-order valence-corrected chi connectivity index (χ4v) is 5.52. The number of nitrogens with zero attached hydrogens (tertiary/aromatic N) is 5. The minimum Gasteiger partial charge on any atom is -0.355 e. The normalized spacial score (nSPS) is 21.9. The Labute approximate surface area is 209 Å². The summed E-state index contributed by atoms with van der Waals surface area (Å²) in [4.78, 5) is 20.0. The van der Waals surface area contributed by atoms with Crippen LogP contribution in [-0.2, 0) is 19.4 Å². The second-order valence-electron chi connectivity index (χ2n) is 9.40. The van der Waals surface area contributed by atoms with Crippen LogP contribution in [-0.4, -0.2) is 64.0 Å². The molecule has 0 bridgehead atoms. The Balaban J connectivity index is 1.25. The number of hydrogen-bond donors (Lipinski definition) is 2. The molecule has 3 aromatic rings. The van der Waals surface area contributed by atoms with Crippen molar-refractivity contribution in [3.8, 4) is 0 Å². The number of carbonyl (C=O) groups excluding carboxylic acids is 1. The summed E-state index contributed by atoms with van der Waals surface area (Å²) in [6.07, 6.45) is 4.10. The van der Waals surface area contributed by atoms with Crippen LogP contribution in [0.1, 0.15) is 42.0 Å². The number of likely N-dealkylation sites (N-methyl/N-ethyl adjacent to an activating group) is 1. The number of aryl methyl sites for hydroxylation is 2. The molecular weight excluding hydrogens is 469 g/mol. The number of amides is 1. The maximum Gasteiger partial charge on any atom is 0.272 e. The van der Waals surface area contributed by atoms with E-state index >= 15 is 0 Å². The van der Waals surface area contributed by atoms with E-state index in [-0.39, 0.29) is 36.3 Å². The number of carbonyl (C=O) groups is 1. The Hall–Kier alpha value is -2.78. The summed E-state index contributed by atoms with van der Waals surface area (Å²) in [6.45, 7) is 6.73. The first kappa shape index (κ1) is 23.9. The van der Waals surface area contributed by atoms with Crippen molar-refractivity contribution in [3.05, 3.63) is 46.4 Å². The van der Waals surface area contributed by atoms with Gasteiger partial charge in [0.05, 0.1) is 11.7 Å². The monoisotopic (exact) mass is 499 g/mol. The number of pyridine rings is 1. The lowest BCUT2D eigenvalue weighted by Gasteiger charge is -2.26. The van der Waals surface area contributed by atoms with E-state index in [4.69, 9.17) is 16.6 Å². The van der Waals surface area contributed by atoms with Gasteiger partial charge in [-0.2, -0.15) is 0 Å². The van der Waals surface area contributed by atoms with E-state index < -0.39 is 0 Å². The predicted octanol–water partition coefficient (Wildman–Crippen LogP) is 3.17. The minimum absolute atomic E-state index is 0.00306. The molecule has 0 saturated carbocycles. The molecule has 3 aromatic heterocycles. The maximum absolute atomic E-state index is 13.5. The number of aromatic nitrogens is 4. The first-order chi connectivity index (χ1) is 17.0. The smallest absolute Gasteiger partial charge is 0.272 e. The highest BCUT2D eigenvalue weighted by atomic mass is 35.5. The molecule has 1 aliphatic carbocycles. The molecule has 1 fully saturated rings. The van der Waals surface area contributed by atoms with Crippen LogP contribution < -0.4 is 15.5 Å². The second-order valence-corrected chi connectivity index (χ2v) is 9.81. The summed E-state index contributed by atoms with van der Waals surface area (Å²) in [5, 5.41) is 16.1. The van der Waals surface area contributed by atoms with Gasteiger partial charge in [0.15, 0.2) is 11.3 Å². The molecule has 0 spiro atoms. The third-order valence-electron chi connectivity index (χ3n) is 7.16. The molecule has 186 valence electrons. The summed E-state index contributed by atoms with van der Waals surface area (Å²) in [5.41, 5.74) is 3.14. The van der Waals surface area contributed by atoms with Crippen LogP contribution in [0, 0.1) is 5.92 Å². The molecule has 3 atom stereocenters. The fraction of sp³-hybridized carbons (Fsp3) is 0.520. The van der Waals surface area contributed by atoms with Crippen molar-refractivity contribution < 1.29 is 9.18 Å². The third kappa shape index (κ3) is 4.71. The number of rotatable bonds is 7. The Bertz CT molecular complexity index is 1230. The number of nitrogens with one attached hydrogen (secondary N) is 2. The average molecular weight is 500 g/mol. The van der Waals surface area contributed by atoms with Crippen LogP contribution >= 0.6 is 11.6 Å². The Morgan fingerprint density at radius 3 is 2.89 bits per heavy atom. The minimum atomic E-state index is -0.325. The van der Waals surface area contributed by atoms with Crippen LogP contribution in [0.25, 0.3) is 11.0 Å². The van der Waals surface area contributed by atoms with Gasteiger partial charge in [-0.3, -0.25) is 9.18 Å². The first-order valence-electron chi connectivity index (χ1n) is 12.4. The molecule has 2 aliphatic rings. The van der Waals surface area contributed by atoms with Crippen molar-refractivity contribution in [3.63, 3.8) is 0 Å². The molecule has 8 nitrogen and oxygen atoms in total. The quantitative estimate of drug-likeness (QED) is 0.519. The van der Waals surface area contributed by atoms with Crippen LogP contribution in [0.2, 0.25) is 5.02 Å². The summed E-state index contributed by atoms with van der Waals surface area (Å²) in [7, 11) is 0. The van der Waals surface area contributed by atoms with Crippen LogP contribution in [0.4, 0.5) is 10.2 Å². The largest absolute Gasteiger partial charge is 0.355 e. The van der Waals surface area contributed by atoms with Crippen molar-refractivity contribution in [2.75, 3.05) is 31.2 Å². The van der Waals surface area contributed by atoms with Crippen LogP contribution in [0.5, 0.6) is 0 Å². The molecule has 1 aliphatic heterocycles. The molecule has 10 heteroatoms. The summed E-state index contributed by atoms with van der Waals surface area (Å²) < 4.78 is 15.4. The lowest BCUT2D eigenvalue weighted by atomic mass is 9.91. The molecule has 4 heterocycles. The lowest BCUT2D eigenvalue weighted by Crippen LogP contribution is -2.39. The SMILES string of the molecule is CCNC1CN(c2ccc3c(n2)CCC(NC(=O)c2cc4c(Cl)cn(CC)c4nn2)C3)CC1CF. The zero-order chi connectivity index (χ0) is 24.5. The van der Waals surface area contributed by atoms with Crippen molar-refractivity contribution in [1.82, 2.24) is 30.4 Å². The van der Waals surface area contributed by atoms with Gasteiger partial charge in [-0.15, -0.1) is 10.2 Å². The van der Waals surface area contributed by atoms with Gasteiger partial charge >= 0.3 is 0 Å². The summed E-state index contributed by atoms with van der Waals surface area (Å²) in [6, 6.07) is 5.97. The molecule has 5 rings (SSSR count). The van der Waals surface area contributed by atoms with Gasteiger partial charge in [-0.05, 0) is 50.4 Å².